The van der Waals surface area contributed by atoms with Gasteiger partial charge in [0.05, 0.1) is 0 Å². The van der Waals surface area contributed by atoms with Crippen molar-refractivity contribution in [3.8, 4) is 5.69 Å². The van der Waals surface area contributed by atoms with Gasteiger partial charge in [0.1, 0.15) is 17.5 Å². The average Bonchev–Trinajstić information content (AvgIpc) is 2.60. The standard InChI is InChI=1S/C18H21FN4O3/c1-4-9-20-17(25)12(3)21-18(26)16-15(24)10-11(2)23(22-16)14-8-6-5-7-13(14)19/h5-8,10,12H,4,9H2,1-3H3,(H,20,25)(H,21,26). The molecule has 0 bridgehead atoms. The molecule has 0 fully saturated rings. The van der Waals surface area contributed by atoms with Crippen molar-refractivity contribution in [1.29, 1.82) is 0 Å². The topological polar surface area (TPSA) is 93.1 Å². The Morgan fingerprint density at radius 1 is 1.31 bits per heavy atom. The Morgan fingerprint density at radius 2 is 2.00 bits per heavy atom. The third-order valence-corrected chi connectivity index (χ3v) is 3.69. The average molecular weight is 360 g/mol. The van der Waals surface area contributed by atoms with E-state index in [1.807, 2.05) is 6.92 Å². The van der Waals surface area contributed by atoms with Crippen LogP contribution in [0.2, 0.25) is 0 Å². The van der Waals surface area contributed by atoms with Crippen LogP contribution in [-0.4, -0.2) is 34.2 Å². The third kappa shape index (κ3) is 4.33. The predicted octanol–water partition coefficient (Wildman–Crippen LogP) is 1.32. The van der Waals surface area contributed by atoms with Crippen LogP contribution in [0.3, 0.4) is 0 Å². The van der Waals surface area contributed by atoms with Gasteiger partial charge in [-0.25, -0.2) is 9.07 Å². The fourth-order valence-corrected chi connectivity index (χ4v) is 2.30. The van der Waals surface area contributed by atoms with Crippen molar-refractivity contribution in [2.24, 2.45) is 0 Å². The number of rotatable bonds is 6. The second-order valence-electron chi connectivity index (χ2n) is 5.85. The van der Waals surface area contributed by atoms with Crippen molar-refractivity contribution in [3.63, 3.8) is 0 Å². The molecule has 138 valence electrons. The molecule has 1 unspecified atom stereocenters. The van der Waals surface area contributed by atoms with E-state index in [4.69, 9.17) is 0 Å². The van der Waals surface area contributed by atoms with Gasteiger partial charge in [0, 0.05) is 18.3 Å². The molecule has 0 saturated heterocycles. The summed E-state index contributed by atoms with van der Waals surface area (Å²) in [5, 5.41) is 9.09. The molecule has 0 saturated carbocycles. The second-order valence-corrected chi connectivity index (χ2v) is 5.85. The maximum atomic E-state index is 14.0. The first kappa shape index (κ1) is 19.3. The number of carbonyl (C=O) groups is 2. The first-order valence-corrected chi connectivity index (χ1v) is 8.29. The van der Waals surface area contributed by atoms with Crippen molar-refractivity contribution in [2.45, 2.75) is 33.2 Å². The van der Waals surface area contributed by atoms with Gasteiger partial charge in [0.2, 0.25) is 11.3 Å². The van der Waals surface area contributed by atoms with E-state index in [9.17, 15) is 18.8 Å². The zero-order valence-corrected chi connectivity index (χ0v) is 14.9. The van der Waals surface area contributed by atoms with Gasteiger partial charge in [0.25, 0.3) is 5.91 Å². The van der Waals surface area contributed by atoms with Crippen LogP contribution in [0.5, 0.6) is 0 Å². The first-order valence-electron chi connectivity index (χ1n) is 8.29. The highest BCUT2D eigenvalue weighted by Gasteiger charge is 2.21. The number of hydrogen-bond donors (Lipinski definition) is 2. The number of nitrogens with zero attached hydrogens (tertiary/aromatic N) is 2. The van der Waals surface area contributed by atoms with E-state index in [1.54, 1.807) is 13.0 Å². The van der Waals surface area contributed by atoms with E-state index < -0.39 is 28.9 Å². The molecule has 1 heterocycles. The van der Waals surface area contributed by atoms with Crippen LogP contribution < -0.4 is 16.1 Å². The monoisotopic (exact) mass is 360 g/mol. The van der Waals surface area contributed by atoms with Crippen LogP contribution >= 0.6 is 0 Å². The quantitative estimate of drug-likeness (QED) is 0.813. The number of para-hydroxylation sites is 1. The van der Waals surface area contributed by atoms with Crippen molar-refractivity contribution in [3.05, 3.63) is 57.8 Å². The number of benzene rings is 1. The molecule has 1 aromatic carbocycles. The number of carbonyl (C=O) groups excluding carboxylic acids is 2. The molecule has 2 rings (SSSR count). The fourth-order valence-electron chi connectivity index (χ4n) is 2.30. The summed E-state index contributed by atoms with van der Waals surface area (Å²) in [5.74, 6) is -1.69. The van der Waals surface area contributed by atoms with Crippen LogP contribution in [0.15, 0.2) is 35.1 Å². The lowest BCUT2D eigenvalue weighted by atomic mass is 10.2. The first-order chi connectivity index (χ1) is 12.3. The van der Waals surface area contributed by atoms with Crippen molar-refractivity contribution in [2.75, 3.05) is 6.54 Å². The lowest BCUT2D eigenvalue weighted by Crippen LogP contribution is -2.46. The van der Waals surface area contributed by atoms with Gasteiger partial charge in [-0.15, -0.1) is 0 Å². The molecule has 0 aliphatic heterocycles. The molecular weight excluding hydrogens is 339 g/mol. The fraction of sp³-hybridized carbons (Fsp3) is 0.333. The molecule has 2 aromatic rings. The van der Waals surface area contributed by atoms with E-state index >= 15 is 0 Å². The van der Waals surface area contributed by atoms with Crippen LogP contribution in [-0.2, 0) is 4.79 Å². The Bertz CT molecular complexity index is 879. The Labute approximate surface area is 150 Å². The largest absolute Gasteiger partial charge is 0.354 e. The summed E-state index contributed by atoms with van der Waals surface area (Å²) in [4.78, 5) is 36.4. The summed E-state index contributed by atoms with van der Waals surface area (Å²) in [6, 6.07) is 6.27. The van der Waals surface area contributed by atoms with E-state index in [1.165, 1.54) is 35.9 Å². The van der Waals surface area contributed by atoms with Gasteiger partial charge < -0.3 is 10.6 Å². The smallest absolute Gasteiger partial charge is 0.276 e. The molecule has 0 spiro atoms. The number of nitrogens with one attached hydrogen (secondary N) is 2. The predicted molar refractivity (Wildman–Crippen MR) is 94.8 cm³/mol. The molecule has 0 radical (unpaired) electrons. The van der Waals surface area contributed by atoms with Gasteiger partial charge >= 0.3 is 0 Å². The summed E-state index contributed by atoms with van der Waals surface area (Å²) < 4.78 is 15.2. The molecule has 1 aromatic heterocycles. The molecule has 26 heavy (non-hydrogen) atoms. The Kier molecular flexibility index (Phi) is 6.21. The van der Waals surface area contributed by atoms with Crippen molar-refractivity contribution >= 4 is 11.8 Å². The zero-order chi connectivity index (χ0) is 19.3. The van der Waals surface area contributed by atoms with Gasteiger partial charge in [-0.1, -0.05) is 19.1 Å². The van der Waals surface area contributed by atoms with Gasteiger partial charge in [-0.05, 0) is 32.4 Å². The van der Waals surface area contributed by atoms with E-state index in [0.29, 0.717) is 12.2 Å². The van der Waals surface area contributed by atoms with Gasteiger partial charge in [-0.2, -0.15) is 5.10 Å². The maximum Gasteiger partial charge on any atom is 0.276 e. The van der Waals surface area contributed by atoms with E-state index in [2.05, 4.69) is 15.7 Å². The maximum absolute atomic E-state index is 14.0. The van der Waals surface area contributed by atoms with Crippen LogP contribution in [0.25, 0.3) is 5.69 Å². The zero-order valence-electron chi connectivity index (χ0n) is 14.9. The SMILES string of the molecule is CCCNC(=O)C(C)NC(=O)c1nn(-c2ccccc2F)c(C)cc1=O. The highest BCUT2D eigenvalue weighted by Crippen LogP contribution is 2.13. The lowest BCUT2D eigenvalue weighted by molar-refractivity contribution is -0.122. The second kappa shape index (κ2) is 8.37. The van der Waals surface area contributed by atoms with Gasteiger partial charge in [0.15, 0.2) is 5.69 Å². The van der Waals surface area contributed by atoms with Crippen LogP contribution in [0.4, 0.5) is 4.39 Å². The van der Waals surface area contributed by atoms with Crippen molar-refractivity contribution in [1.82, 2.24) is 20.4 Å². The minimum absolute atomic E-state index is 0.118. The molecule has 0 aliphatic carbocycles. The summed E-state index contributed by atoms with van der Waals surface area (Å²) >= 11 is 0. The number of halogens is 1. The highest BCUT2D eigenvalue weighted by molar-refractivity contribution is 5.95. The summed E-state index contributed by atoms with van der Waals surface area (Å²) in [6.45, 7) is 5.49. The highest BCUT2D eigenvalue weighted by atomic mass is 19.1. The van der Waals surface area contributed by atoms with Gasteiger partial charge in [-0.3, -0.25) is 14.4 Å². The lowest BCUT2D eigenvalue weighted by Gasteiger charge is -2.15. The molecule has 2 N–H and O–H groups in total. The van der Waals surface area contributed by atoms with Crippen LogP contribution in [0, 0.1) is 12.7 Å². The molecule has 0 aliphatic rings. The molecule has 2 amide bonds. The molecule has 8 heteroatoms. The minimum atomic E-state index is -0.835. The Hall–Kier alpha value is -3.03. The molecular formula is C18H21FN4O3. The summed E-state index contributed by atoms with van der Waals surface area (Å²) in [5.41, 5.74) is -0.513. The molecule has 1 atom stereocenters. The third-order valence-electron chi connectivity index (χ3n) is 3.69. The Balaban J connectivity index is 2.31. The van der Waals surface area contributed by atoms with Crippen LogP contribution in [0.1, 0.15) is 36.5 Å². The van der Waals surface area contributed by atoms with Crippen molar-refractivity contribution < 1.29 is 14.0 Å². The van der Waals surface area contributed by atoms with E-state index in [0.717, 1.165) is 6.42 Å². The summed E-state index contributed by atoms with van der Waals surface area (Å²) in [6.07, 6.45) is 0.763. The normalized spacial score (nSPS) is 11.7. The number of aryl methyl sites for hydroxylation is 1. The summed E-state index contributed by atoms with van der Waals surface area (Å²) in [7, 11) is 0. The Morgan fingerprint density at radius 3 is 2.65 bits per heavy atom. The van der Waals surface area contributed by atoms with E-state index in [-0.39, 0.29) is 11.6 Å². The number of amides is 2. The minimum Gasteiger partial charge on any atom is -0.354 e. The number of hydrogen-bond acceptors (Lipinski definition) is 4. The molecule has 7 nitrogen and oxygen atoms in total. The number of aromatic nitrogens is 2.